The Morgan fingerprint density at radius 1 is 1.40 bits per heavy atom. The number of rotatable bonds is 1. The Kier molecular flexibility index (Phi) is 2.36. The highest BCUT2D eigenvalue weighted by atomic mass is 16.6. The van der Waals surface area contributed by atoms with Gasteiger partial charge in [0.05, 0.1) is 0 Å². The fraction of sp³-hybridized carbons (Fsp3) is 0.364. The van der Waals surface area contributed by atoms with Crippen LogP contribution in [-0.2, 0) is 4.74 Å². The molecule has 0 saturated carbocycles. The molecule has 15 heavy (non-hydrogen) atoms. The molecule has 0 bridgehead atoms. The first kappa shape index (κ1) is 9.98. The molecule has 1 saturated heterocycles. The highest BCUT2D eigenvalue weighted by Crippen LogP contribution is 2.31. The Hall–Kier alpha value is -1.55. The van der Waals surface area contributed by atoms with Crippen LogP contribution in [0.3, 0.4) is 0 Å². The van der Waals surface area contributed by atoms with Crippen LogP contribution in [0.4, 0.5) is 4.79 Å². The van der Waals surface area contributed by atoms with E-state index in [1.807, 2.05) is 31.2 Å². The molecule has 1 N–H and O–H groups in total. The van der Waals surface area contributed by atoms with Crippen LogP contribution in [0.25, 0.3) is 0 Å². The number of carbonyl (C=O) groups is 1. The van der Waals surface area contributed by atoms with Crippen molar-refractivity contribution in [3.8, 4) is 0 Å². The van der Waals surface area contributed by atoms with Gasteiger partial charge in [-0.3, -0.25) is 4.90 Å². The van der Waals surface area contributed by atoms with E-state index in [9.17, 15) is 9.90 Å². The van der Waals surface area contributed by atoms with Gasteiger partial charge in [-0.1, -0.05) is 24.3 Å². The van der Waals surface area contributed by atoms with Gasteiger partial charge >= 0.3 is 6.09 Å². The lowest BCUT2D eigenvalue weighted by atomic mass is 10.0. The van der Waals surface area contributed by atoms with Gasteiger partial charge in [0.2, 0.25) is 0 Å². The summed E-state index contributed by atoms with van der Waals surface area (Å²) in [6, 6.07) is 7.55. The summed E-state index contributed by atoms with van der Waals surface area (Å²) in [5.74, 6) is 0. The van der Waals surface area contributed by atoms with E-state index in [1.165, 1.54) is 11.9 Å². The van der Waals surface area contributed by atoms with Gasteiger partial charge in [-0.05, 0) is 12.5 Å². The Labute approximate surface area is 88.1 Å². The molecular weight excluding hydrogens is 194 g/mol. The van der Waals surface area contributed by atoms with E-state index in [0.717, 1.165) is 11.1 Å². The van der Waals surface area contributed by atoms with Gasteiger partial charge in [0, 0.05) is 12.6 Å². The highest BCUT2D eigenvalue weighted by molar-refractivity contribution is 5.70. The molecule has 1 aliphatic heterocycles. The minimum atomic E-state index is -0.904. The number of carbonyl (C=O) groups excluding carboxylic acids is 1. The number of ether oxygens (including phenoxy) is 1. The number of hydrogen-bond acceptors (Lipinski definition) is 3. The van der Waals surface area contributed by atoms with E-state index in [-0.39, 0.29) is 0 Å². The first-order valence-corrected chi connectivity index (χ1v) is 4.78. The second kappa shape index (κ2) is 3.55. The molecule has 1 aromatic rings. The molecule has 4 heteroatoms. The fourth-order valence-electron chi connectivity index (χ4n) is 1.69. The molecule has 1 aromatic carbocycles. The lowest BCUT2D eigenvalue weighted by Gasteiger charge is -2.16. The second-order valence-electron chi connectivity index (χ2n) is 3.69. The van der Waals surface area contributed by atoms with Crippen molar-refractivity contribution in [3.63, 3.8) is 0 Å². The molecule has 0 spiro atoms. The van der Waals surface area contributed by atoms with Crippen LogP contribution in [-0.4, -0.2) is 29.4 Å². The first-order valence-electron chi connectivity index (χ1n) is 4.78. The van der Waals surface area contributed by atoms with Crippen molar-refractivity contribution in [2.75, 3.05) is 7.05 Å². The molecule has 4 nitrogen and oxygen atoms in total. The van der Waals surface area contributed by atoms with Crippen LogP contribution < -0.4 is 0 Å². The maximum Gasteiger partial charge on any atom is 0.412 e. The van der Waals surface area contributed by atoms with Gasteiger partial charge in [-0.25, -0.2) is 4.79 Å². The van der Waals surface area contributed by atoms with Gasteiger partial charge in [-0.2, -0.15) is 0 Å². The van der Waals surface area contributed by atoms with Gasteiger partial charge in [0.15, 0.2) is 12.3 Å². The molecular formula is C11H13NO3. The Morgan fingerprint density at radius 3 is 2.60 bits per heavy atom. The number of aliphatic hydroxyl groups excluding tert-OH is 1. The maximum atomic E-state index is 11.2. The molecule has 80 valence electrons. The average Bonchev–Trinajstić information content (AvgIpc) is 2.47. The summed E-state index contributed by atoms with van der Waals surface area (Å²) < 4.78 is 5.09. The average molecular weight is 207 g/mol. The minimum absolute atomic E-state index is 0.490. The molecule has 1 heterocycles. The second-order valence-corrected chi connectivity index (χ2v) is 3.69. The normalized spacial score (nSPS) is 25.5. The number of likely N-dealkylation sites (N-methyl/N-ethyl adjacent to an activating group) is 1. The summed E-state index contributed by atoms with van der Waals surface area (Å²) in [6.07, 6.45) is -1.97. The summed E-state index contributed by atoms with van der Waals surface area (Å²) in [5.41, 5.74) is 1.85. The van der Waals surface area contributed by atoms with Crippen molar-refractivity contribution in [1.82, 2.24) is 4.90 Å². The zero-order valence-corrected chi connectivity index (χ0v) is 8.68. The number of cyclic esters (lactones) is 1. The van der Waals surface area contributed by atoms with Crippen LogP contribution in [0.5, 0.6) is 0 Å². The number of aliphatic hydroxyl groups is 1. The molecule has 1 aliphatic rings. The maximum absolute atomic E-state index is 11.2. The molecule has 2 unspecified atom stereocenters. The van der Waals surface area contributed by atoms with E-state index in [1.54, 1.807) is 0 Å². The van der Waals surface area contributed by atoms with Crippen molar-refractivity contribution in [2.45, 2.75) is 19.3 Å². The van der Waals surface area contributed by atoms with Gasteiger partial charge in [-0.15, -0.1) is 0 Å². The van der Waals surface area contributed by atoms with Gasteiger partial charge in [0.25, 0.3) is 0 Å². The zero-order chi connectivity index (χ0) is 11.0. The monoisotopic (exact) mass is 207 g/mol. The predicted molar refractivity (Wildman–Crippen MR) is 54.2 cm³/mol. The molecule has 0 aliphatic carbocycles. The van der Waals surface area contributed by atoms with E-state index >= 15 is 0 Å². The molecule has 1 fully saturated rings. The fourth-order valence-corrected chi connectivity index (χ4v) is 1.69. The molecule has 2 atom stereocenters. The van der Waals surface area contributed by atoms with Crippen molar-refractivity contribution < 1.29 is 14.6 Å². The predicted octanol–water partition coefficient (Wildman–Crippen LogP) is 1.44. The number of hydrogen-bond donors (Lipinski definition) is 1. The summed E-state index contributed by atoms with van der Waals surface area (Å²) in [5, 5.41) is 9.79. The molecule has 0 radical (unpaired) electrons. The van der Waals surface area contributed by atoms with Crippen LogP contribution in [0.15, 0.2) is 24.3 Å². The van der Waals surface area contributed by atoms with Crippen molar-refractivity contribution in [3.05, 3.63) is 35.4 Å². The molecule has 0 aromatic heterocycles. The molecule has 2 rings (SSSR count). The summed E-state index contributed by atoms with van der Waals surface area (Å²) in [6.45, 7) is 1.92. The van der Waals surface area contributed by atoms with Crippen LogP contribution in [0, 0.1) is 6.92 Å². The minimum Gasteiger partial charge on any atom is -0.436 e. The summed E-state index contributed by atoms with van der Waals surface area (Å²) in [4.78, 5) is 12.4. The third-order valence-corrected chi connectivity index (χ3v) is 2.68. The lowest BCUT2D eigenvalue weighted by Crippen LogP contribution is -2.30. The standard InChI is InChI=1S/C11H13NO3/c1-7-5-3-4-6-8(7)9-10(13)12(2)11(14)15-9/h3-6,9-10,13H,1-2H3. The molecule has 1 amide bonds. The van der Waals surface area contributed by atoms with E-state index in [0.29, 0.717) is 0 Å². The number of benzene rings is 1. The van der Waals surface area contributed by atoms with Crippen molar-refractivity contribution >= 4 is 6.09 Å². The number of amides is 1. The first-order chi connectivity index (χ1) is 7.11. The lowest BCUT2D eigenvalue weighted by molar-refractivity contribution is 0.0219. The van der Waals surface area contributed by atoms with E-state index < -0.39 is 18.4 Å². The Morgan fingerprint density at radius 2 is 2.07 bits per heavy atom. The Balaban J connectivity index is 2.34. The third-order valence-electron chi connectivity index (χ3n) is 2.68. The number of aryl methyl sites for hydroxylation is 1. The van der Waals surface area contributed by atoms with Crippen molar-refractivity contribution in [1.29, 1.82) is 0 Å². The topological polar surface area (TPSA) is 49.8 Å². The quantitative estimate of drug-likeness (QED) is 0.758. The Bertz CT molecular complexity index is 391. The summed E-state index contributed by atoms with van der Waals surface area (Å²) >= 11 is 0. The van der Waals surface area contributed by atoms with Crippen LogP contribution >= 0.6 is 0 Å². The van der Waals surface area contributed by atoms with Crippen LogP contribution in [0.2, 0.25) is 0 Å². The third kappa shape index (κ3) is 1.57. The SMILES string of the molecule is Cc1ccccc1C1OC(=O)N(C)C1O. The van der Waals surface area contributed by atoms with Gasteiger partial charge < -0.3 is 9.84 Å². The number of nitrogens with zero attached hydrogens (tertiary/aromatic N) is 1. The highest BCUT2D eigenvalue weighted by Gasteiger charge is 2.39. The van der Waals surface area contributed by atoms with Crippen LogP contribution in [0.1, 0.15) is 17.2 Å². The smallest absolute Gasteiger partial charge is 0.412 e. The van der Waals surface area contributed by atoms with Gasteiger partial charge in [0.1, 0.15) is 0 Å². The zero-order valence-electron chi connectivity index (χ0n) is 8.68. The van der Waals surface area contributed by atoms with Crippen molar-refractivity contribution in [2.24, 2.45) is 0 Å². The summed E-state index contributed by atoms with van der Waals surface area (Å²) in [7, 11) is 1.52. The van der Waals surface area contributed by atoms with E-state index in [2.05, 4.69) is 0 Å². The largest absolute Gasteiger partial charge is 0.436 e. The van der Waals surface area contributed by atoms with E-state index in [4.69, 9.17) is 4.74 Å².